The van der Waals surface area contributed by atoms with Crippen LogP contribution in [-0.4, -0.2) is 30.2 Å². The van der Waals surface area contributed by atoms with E-state index < -0.39 is 5.60 Å². The van der Waals surface area contributed by atoms with Gasteiger partial charge in [0.25, 0.3) is 0 Å². The summed E-state index contributed by atoms with van der Waals surface area (Å²) in [6.07, 6.45) is 11.0. The molecule has 0 aromatic rings. The van der Waals surface area contributed by atoms with E-state index in [-0.39, 0.29) is 5.41 Å². The zero-order valence-corrected chi connectivity index (χ0v) is 15.4. The van der Waals surface area contributed by atoms with Crippen molar-refractivity contribution in [3.63, 3.8) is 0 Å². The molecule has 0 aliphatic heterocycles. The Morgan fingerprint density at radius 2 is 1.88 bits per heavy atom. The normalized spacial score (nSPS) is 51.0. The van der Waals surface area contributed by atoms with Gasteiger partial charge in [0.1, 0.15) is 5.78 Å². The number of ether oxygens (including phenoxy) is 1. The van der Waals surface area contributed by atoms with Gasteiger partial charge in [-0.3, -0.25) is 4.79 Å². The quantitative estimate of drug-likeness (QED) is 0.849. The van der Waals surface area contributed by atoms with Crippen LogP contribution in [0.2, 0.25) is 0 Å². The molecule has 0 heterocycles. The van der Waals surface area contributed by atoms with Crippen LogP contribution in [-0.2, 0) is 9.53 Å². The van der Waals surface area contributed by atoms with E-state index in [9.17, 15) is 9.90 Å². The molecule has 0 unspecified atom stereocenters. The average molecular weight is 335 g/mol. The number of hydrogen-bond acceptors (Lipinski definition) is 3. The molecule has 24 heavy (non-hydrogen) atoms. The van der Waals surface area contributed by atoms with E-state index in [2.05, 4.69) is 6.92 Å². The molecule has 3 nitrogen and oxygen atoms in total. The fourth-order valence-electron chi connectivity index (χ4n) is 7.59. The summed E-state index contributed by atoms with van der Waals surface area (Å²) in [5.41, 5.74) is -0.548. The first-order valence-electron chi connectivity index (χ1n) is 10.3. The molecule has 1 N–H and O–H groups in total. The largest absolute Gasteiger partial charge is 0.387 e. The minimum atomic E-state index is -0.589. The minimum Gasteiger partial charge on any atom is -0.387 e. The summed E-state index contributed by atoms with van der Waals surface area (Å²) >= 11 is 0. The molecular weight excluding hydrogens is 300 g/mol. The number of carbonyl (C=O) groups is 1. The first-order chi connectivity index (χ1) is 11.5. The highest BCUT2D eigenvalue weighted by Gasteiger charge is 2.58. The van der Waals surface area contributed by atoms with Crippen molar-refractivity contribution in [1.82, 2.24) is 0 Å². The molecule has 0 aromatic heterocycles. The summed E-state index contributed by atoms with van der Waals surface area (Å²) in [4.78, 5) is 12.6. The molecule has 4 saturated carbocycles. The predicted molar refractivity (Wildman–Crippen MR) is 93.6 cm³/mol. The van der Waals surface area contributed by atoms with Gasteiger partial charge in [-0.25, -0.2) is 0 Å². The summed E-state index contributed by atoms with van der Waals surface area (Å²) < 4.78 is 5.28. The van der Waals surface area contributed by atoms with E-state index in [4.69, 9.17) is 4.74 Å². The summed E-state index contributed by atoms with van der Waals surface area (Å²) in [6.45, 7) is 2.73. The molecule has 136 valence electrons. The van der Waals surface area contributed by atoms with E-state index in [1.165, 1.54) is 19.3 Å². The van der Waals surface area contributed by atoms with Gasteiger partial charge in [0.05, 0.1) is 12.2 Å². The first-order valence-corrected chi connectivity index (χ1v) is 10.3. The third-order valence-electron chi connectivity index (χ3n) is 8.59. The molecule has 3 heteroatoms. The summed E-state index contributed by atoms with van der Waals surface area (Å²) in [7, 11) is 1.70. The molecule has 0 spiro atoms. The number of carbonyl (C=O) groups excluding carboxylic acids is 1. The molecule has 0 bridgehead atoms. The van der Waals surface area contributed by atoms with Crippen molar-refractivity contribution >= 4 is 5.78 Å². The highest BCUT2D eigenvalue weighted by molar-refractivity contribution is 5.87. The average Bonchev–Trinajstić information content (AvgIpc) is 2.91. The van der Waals surface area contributed by atoms with Gasteiger partial charge in [0.2, 0.25) is 0 Å². The van der Waals surface area contributed by atoms with Crippen molar-refractivity contribution in [2.75, 3.05) is 13.7 Å². The Morgan fingerprint density at radius 3 is 2.62 bits per heavy atom. The number of aliphatic hydroxyl groups is 1. The summed E-state index contributed by atoms with van der Waals surface area (Å²) in [5.74, 6) is 4.28. The topological polar surface area (TPSA) is 46.5 Å². The SMILES string of the molecule is CC[C@]12CC[C@H]3[C@@H](CC[C@@H]4C[C@@](O)(COC)CC[C@@H]43)[C@@H]1CCC2=O. The number of ketones is 1. The molecule has 7 atom stereocenters. The lowest BCUT2D eigenvalue weighted by molar-refractivity contribution is -0.140. The second kappa shape index (κ2) is 6.09. The van der Waals surface area contributed by atoms with Crippen molar-refractivity contribution in [3.8, 4) is 0 Å². The Hall–Kier alpha value is -0.410. The van der Waals surface area contributed by atoms with Crippen molar-refractivity contribution < 1.29 is 14.6 Å². The van der Waals surface area contributed by atoms with Crippen molar-refractivity contribution in [2.45, 2.75) is 76.7 Å². The van der Waals surface area contributed by atoms with Gasteiger partial charge >= 0.3 is 0 Å². The zero-order chi connectivity index (χ0) is 16.9. The molecule has 0 radical (unpaired) electrons. The Bertz CT molecular complexity index is 503. The third kappa shape index (κ3) is 2.41. The van der Waals surface area contributed by atoms with Gasteiger partial charge in [0.15, 0.2) is 0 Å². The van der Waals surface area contributed by atoms with Gasteiger partial charge in [0, 0.05) is 18.9 Å². The molecule has 4 rings (SSSR count). The number of rotatable bonds is 3. The molecule has 0 amide bonds. The Morgan fingerprint density at radius 1 is 1.08 bits per heavy atom. The van der Waals surface area contributed by atoms with Gasteiger partial charge in [-0.05, 0) is 87.4 Å². The zero-order valence-electron chi connectivity index (χ0n) is 15.4. The maximum atomic E-state index is 12.6. The van der Waals surface area contributed by atoms with Crippen LogP contribution >= 0.6 is 0 Å². The lowest BCUT2D eigenvalue weighted by Gasteiger charge is -2.56. The number of methoxy groups -OCH3 is 1. The molecular formula is C21H34O3. The van der Waals surface area contributed by atoms with Crippen LogP contribution in [0.3, 0.4) is 0 Å². The maximum absolute atomic E-state index is 12.6. The van der Waals surface area contributed by atoms with Crippen LogP contribution in [0.15, 0.2) is 0 Å². The lowest BCUT2D eigenvalue weighted by Crippen LogP contribution is -2.52. The van der Waals surface area contributed by atoms with E-state index in [0.29, 0.717) is 24.2 Å². The predicted octanol–water partition coefficient (Wildman–Crippen LogP) is 3.98. The van der Waals surface area contributed by atoms with Gasteiger partial charge in [-0.15, -0.1) is 0 Å². The van der Waals surface area contributed by atoms with Crippen molar-refractivity contribution in [3.05, 3.63) is 0 Å². The van der Waals surface area contributed by atoms with Gasteiger partial charge < -0.3 is 9.84 Å². The Balaban J connectivity index is 1.52. The van der Waals surface area contributed by atoms with Crippen LogP contribution in [0.25, 0.3) is 0 Å². The summed E-state index contributed by atoms with van der Waals surface area (Å²) in [6, 6.07) is 0. The van der Waals surface area contributed by atoms with E-state index in [1.807, 2.05) is 0 Å². The van der Waals surface area contributed by atoms with Crippen LogP contribution in [0.5, 0.6) is 0 Å². The first kappa shape index (κ1) is 17.0. The van der Waals surface area contributed by atoms with E-state index in [0.717, 1.165) is 62.7 Å². The van der Waals surface area contributed by atoms with Crippen LogP contribution in [0.4, 0.5) is 0 Å². The molecule has 4 aliphatic rings. The monoisotopic (exact) mass is 334 g/mol. The van der Waals surface area contributed by atoms with Gasteiger partial charge in [-0.2, -0.15) is 0 Å². The Labute approximate surface area is 146 Å². The fraction of sp³-hybridized carbons (Fsp3) is 0.952. The molecule has 4 fully saturated rings. The molecule has 0 aromatic carbocycles. The van der Waals surface area contributed by atoms with Crippen LogP contribution < -0.4 is 0 Å². The lowest BCUT2D eigenvalue weighted by atomic mass is 9.49. The maximum Gasteiger partial charge on any atom is 0.139 e. The second-order valence-electron chi connectivity index (χ2n) is 9.35. The van der Waals surface area contributed by atoms with Gasteiger partial charge in [-0.1, -0.05) is 6.92 Å². The highest BCUT2D eigenvalue weighted by Crippen LogP contribution is 2.63. The number of Topliss-reactive ketones (excluding diaryl/α,β-unsaturated/α-hetero) is 1. The summed E-state index contributed by atoms with van der Waals surface area (Å²) in [5, 5.41) is 10.8. The van der Waals surface area contributed by atoms with E-state index in [1.54, 1.807) is 7.11 Å². The van der Waals surface area contributed by atoms with E-state index >= 15 is 0 Å². The number of fused-ring (bicyclic) bond motifs is 5. The molecule has 4 aliphatic carbocycles. The van der Waals surface area contributed by atoms with Crippen molar-refractivity contribution in [2.24, 2.45) is 35.0 Å². The van der Waals surface area contributed by atoms with Crippen LogP contribution in [0.1, 0.15) is 71.1 Å². The highest BCUT2D eigenvalue weighted by atomic mass is 16.5. The second-order valence-corrected chi connectivity index (χ2v) is 9.35. The smallest absolute Gasteiger partial charge is 0.139 e. The fourth-order valence-corrected chi connectivity index (χ4v) is 7.59. The third-order valence-corrected chi connectivity index (χ3v) is 8.59. The Kier molecular flexibility index (Phi) is 4.32. The standard InChI is InChI=1S/C21H34O3/c1-3-21-11-9-16-15-8-10-20(23,13-24-2)12-14(15)4-5-17(16)18(21)6-7-19(21)22/h14-18,23H,3-13H2,1-2H3/t14-,15+,16-,17-,18+,20-,21+/m1/s1. The molecule has 0 saturated heterocycles. The number of hydrogen-bond donors (Lipinski definition) is 1. The minimum absolute atomic E-state index is 0.0411. The van der Waals surface area contributed by atoms with Crippen LogP contribution in [0, 0.1) is 35.0 Å². The van der Waals surface area contributed by atoms with Crippen molar-refractivity contribution in [1.29, 1.82) is 0 Å².